The highest BCUT2D eigenvalue weighted by molar-refractivity contribution is 6.34. The summed E-state index contributed by atoms with van der Waals surface area (Å²) in [6.45, 7) is 1.43. The molecule has 0 saturated carbocycles. The van der Waals surface area contributed by atoms with Gasteiger partial charge in [-0.05, 0) is 24.6 Å². The molecule has 0 aromatic heterocycles. The number of benzene rings is 2. The maximum Gasteiger partial charge on any atom is 0.340 e. The van der Waals surface area contributed by atoms with Crippen LogP contribution in [0.1, 0.15) is 21.5 Å². The third-order valence-electron chi connectivity index (χ3n) is 3.74. The summed E-state index contributed by atoms with van der Waals surface area (Å²) in [7, 11) is 1.51. The Morgan fingerprint density at radius 2 is 2.00 bits per heavy atom. The average Bonchev–Trinajstić information content (AvgIpc) is 2.54. The van der Waals surface area contributed by atoms with E-state index in [9.17, 15) is 13.6 Å². The monoisotopic (exact) mass is 353 g/mol. The average molecular weight is 354 g/mol. The standard InChI is InChI=1S/C16H14ClF2N3O2/c1-6-9(12(17)13(19)11(14(6)21)16(23)24)10-8(18)4-3-7(5-20)15(10)22-2/h3-5,20,22H,21H2,1-2H3,(H,23,24). The Morgan fingerprint density at radius 3 is 2.50 bits per heavy atom. The summed E-state index contributed by atoms with van der Waals surface area (Å²) >= 11 is 6.01. The fourth-order valence-electron chi connectivity index (χ4n) is 2.56. The van der Waals surface area contributed by atoms with E-state index in [-0.39, 0.29) is 28.1 Å². The normalized spacial score (nSPS) is 10.5. The second-order valence-electron chi connectivity index (χ2n) is 5.00. The van der Waals surface area contributed by atoms with Crippen molar-refractivity contribution in [2.45, 2.75) is 6.92 Å². The van der Waals surface area contributed by atoms with Gasteiger partial charge in [0, 0.05) is 30.0 Å². The van der Waals surface area contributed by atoms with Gasteiger partial charge in [-0.1, -0.05) is 11.6 Å². The SMILES string of the molecule is CNc1c(C=N)ccc(F)c1-c1c(C)c(N)c(C(=O)O)c(F)c1Cl. The van der Waals surface area contributed by atoms with Crippen molar-refractivity contribution < 1.29 is 18.7 Å². The van der Waals surface area contributed by atoms with Crippen molar-refractivity contribution in [1.82, 2.24) is 0 Å². The van der Waals surface area contributed by atoms with E-state index < -0.39 is 28.2 Å². The first kappa shape index (κ1) is 17.7. The lowest BCUT2D eigenvalue weighted by Crippen LogP contribution is -2.11. The van der Waals surface area contributed by atoms with Crippen LogP contribution >= 0.6 is 11.6 Å². The number of hydrogen-bond acceptors (Lipinski definition) is 4. The molecule has 5 N–H and O–H groups in total. The van der Waals surface area contributed by atoms with E-state index in [1.165, 1.54) is 20.0 Å². The highest BCUT2D eigenvalue weighted by atomic mass is 35.5. The minimum absolute atomic E-state index is 0.0535. The van der Waals surface area contributed by atoms with Gasteiger partial charge in [-0.25, -0.2) is 13.6 Å². The maximum absolute atomic E-state index is 14.5. The zero-order valence-electron chi connectivity index (χ0n) is 12.8. The molecule has 8 heteroatoms. The molecular weight excluding hydrogens is 340 g/mol. The van der Waals surface area contributed by atoms with Crippen molar-refractivity contribution in [2.24, 2.45) is 0 Å². The quantitative estimate of drug-likeness (QED) is 0.494. The van der Waals surface area contributed by atoms with Crippen LogP contribution < -0.4 is 11.1 Å². The van der Waals surface area contributed by atoms with Gasteiger partial charge in [0.2, 0.25) is 0 Å². The van der Waals surface area contributed by atoms with Crippen LogP contribution in [0.5, 0.6) is 0 Å². The largest absolute Gasteiger partial charge is 0.478 e. The maximum atomic E-state index is 14.5. The van der Waals surface area contributed by atoms with Crippen LogP contribution in [0.4, 0.5) is 20.2 Å². The number of carboxylic acids is 1. The highest BCUT2D eigenvalue weighted by Crippen LogP contribution is 2.43. The number of hydrogen-bond donors (Lipinski definition) is 4. The Kier molecular flexibility index (Phi) is 4.75. The Bertz CT molecular complexity index is 840. The molecule has 0 aliphatic rings. The van der Waals surface area contributed by atoms with E-state index in [0.29, 0.717) is 5.56 Å². The van der Waals surface area contributed by atoms with Crippen molar-refractivity contribution in [3.63, 3.8) is 0 Å². The topological polar surface area (TPSA) is 99.2 Å². The summed E-state index contributed by atoms with van der Waals surface area (Å²) < 4.78 is 28.9. The minimum atomic E-state index is -1.57. The third-order valence-corrected chi connectivity index (χ3v) is 4.09. The summed E-state index contributed by atoms with van der Waals surface area (Å²) in [5, 5.41) is 18.7. The molecule has 0 unspecified atom stereocenters. The number of anilines is 2. The number of aromatic carboxylic acids is 1. The van der Waals surface area contributed by atoms with Crippen LogP contribution in [0.15, 0.2) is 12.1 Å². The molecule has 126 valence electrons. The lowest BCUT2D eigenvalue weighted by Gasteiger charge is -2.19. The van der Waals surface area contributed by atoms with Crippen molar-refractivity contribution in [3.05, 3.63) is 45.5 Å². The molecule has 0 fully saturated rings. The van der Waals surface area contributed by atoms with Crippen LogP contribution in [0.2, 0.25) is 5.02 Å². The van der Waals surface area contributed by atoms with Gasteiger partial charge < -0.3 is 21.6 Å². The van der Waals surface area contributed by atoms with Crippen molar-refractivity contribution in [1.29, 1.82) is 5.41 Å². The molecule has 0 spiro atoms. The molecule has 24 heavy (non-hydrogen) atoms. The highest BCUT2D eigenvalue weighted by Gasteiger charge is 2.27. The van der Waals surface area contributed by atoms with Crippen molar-refractivity contribution in [2.75, 3.05) is 18.1 Å². The summed E-state index contributed by atoms with van der Waals surface area (Å²) in [6.07, 6.45) is 1.00. The van der Waals surface area contributed by atoms with Gasteiger partial charge in [0.1, 0.15) is 11.4 Å². The molecule has 0 radical (unpaired) electrons. The molecule has 0 saturated heterocycles. The zero-order chi connectivity index (χ0) is 18.2. The molecule has 0 heterocycles. The van der Waals surface area contributed by atoms with Crippen LogP contribution in [0, 0.1) is 24.0 Å². The molecule has 5 nitrogen and oxygen atoms in total. The number of halogens is 3. The van der Waals surface area contributed by atoms with E-state index in [0.717, 1.165) is 12.3 Å². The molecule has 2 aromatic carbocycles. The molecule has 0 aliphatic heterocycles. The molecule has 0 amide bonds. The molecule has 0 bridgehead atoms. The summed E-state index contributed by atoms with van der Waals surface area (Å²) in [5.41, 5.74) is 5.22. The number of nitrogens with two attached hydrogens (primary N) is 1. The van der Waals surface area contributed by atoms with Crippen LogP contribution in [0.3, 0.4) is 0 Å². The molecule has 0 atom stereocenters. The van der Waals surface area contributed by atoms with Gasteiger partial charge in [-0.3, -0.25) is 0 Å². The first-order valence-electron chi connectivity index (χ1n) is 6.77. The smallest absolute Gasteiger partial charge is 0.340 e. The Balaban J connectivity index is 3.00. The lowest BCUT2D eigenvalue weighted by atomic mass is 9.92. The van der Waals surface area contributed by atoms with Crippen LogP contribution in [-0.4, -0.2) is 24.3 Å². The van der Waals surface area contributed by atoms with Crippen LogP contribution in [0.25, 0.3) is 11.1 Å². The predicted molar refractivity (Wildman–Crippen MR) is 90.3 cm³/mol. The first-order valence-corrected chi connectivity index (χ1v) is 7.15. The lowest BCUT2D eigenvalue weighted by molar-refractivity contribution is 0.0693. The van der Waals surface area contributed by atoms with Gasteiger partial charge in [-0.15, -0.1) is 0 Å². The summed E-state index contributed by atoms with van der Waals surface area (Å²) in [4.78, 5) is 11.2. The number of carboxylic acid groups (broad SMARTS) is 1. The number of nitrogens with one attached hydrogen (secondary N) is 2. The van der Waals surface area contributed by atoms with E-state index >= 15 is 0 Å². The van der Waals surface area contributed by atoms with Gasteiger partial charge in [0.15, 0.2) is 5.82 Å². The molecule has 2 aromatic rings. The first-order chi connectivity index (χ1) is 11.3. The Hall–Kier alpha value is -2.67. The van der Waals surface area contributed by atoms with Gasteiger partial charge in [-0.2, -0.15) is 0 Å². The van der Waals surface area contributed by atoms with E-state index in [1.807, 2.05) is 0 Å². The van der Waals surface area contributed by atoms with Gasteiger partial charge >= 0.3 is 5.97 Å². The molecular formula is C16H14ClF2N3O2. The van der Waals surface area contributed by atoms with Crippen molar-refractivity contribution >= 4 is 35.2 Å². The van der Waals surface area contributed by atoms with Crippen molar-refractivity contribution in [3.8, 4) is 11.1 Å². The van der Waals surface area contributed by atoms with E-state index in [1.54, 1.807) is 0 Å². The predicted octanol–water partition coefficient (Wildman–Crippen LogP) is 3.91. The summed E-state index contributed by atoms with van der Waals surface area (Å²) in [6, 6.07) is 2.50. The van der Waals surface area contributed by atoms with E-state index in [4.69, 9.17) is 27.9 Å². The Labute approximate surface area is 141 Å². The second-order valence-corrected chi connectivity index (χ2v) is 5.38. The zero-order valence-corrected chi connectivity index (χ0v) is 13.6. The minimum Gasteiger partial charge on any atom is -0.478 e. The van der Waals surface area contributed by atoms with Gasteiger partial charge in [0.05, 0.1) is 16.4 Å². The number of carbonyl (C=O) groups is 1. The molecule has 0 aliphatic carbocycles. The molecule has 2 rings (SSSR count). The fourth-order valence-corrected chi connectivity index (χ4v) is 2.89. The second kappa shape index (κ2) is 6.45. The number of rotatable bonds is 4. The van der Waals surface area contributed by atoms with Gasteiger partial charge in [0.25, 0.3) is 0 Å². The Morgan fingerprint density at radius 1 is 1.38 bits per heavy atom. The van der Waals surface area contributed by atoms with E-state index in [2.05, 4.69) is 5.32 Å². The number of nitrogen functional groups attached to an aromatic ring is 1. The third kappa shape index (κ3) is 2.56. The fraction of sp³-hybridized carbons (Fsp3) is 0.125. The summed E-state index contributed by atoms with van der Waals surface area (Å²) in [5.74, 6) is -3.51. The van der Waals surface area contributed by atoms with Crippen LogP contribution in [-0.2, 0) is 0 Å².